The zero-order valence-electron chi connectivity index (χ0n) is 16.0. The number of halogens is 1. The van der Waals surface area contributed by atoms with Crippen molar-refractivity contribution >= 4 is 32.2 Å². The lowest BCUT2D eigenvalue weighted by Crippen LogP contribution is -2.35. The number of nitrogens with one attached hydrogen (secondary N) is 1. The molecule has 2 aliphatic heterocycles. The molecule has 1 aliphatic carbocycles. The third-order valence-electron chi connectivity index (χ3n) is 5.96. The Hall–Kier alpha value is -1.88. The maximum atomic E-state index is 13.3. The maximum Gasteiger partial charge on any atom is 0.265 e. The van der Waals surface area contributed by atoms with Gasteiger partial charge in [0.15, 0.2) is 25.7 Å². The van der Waals surface area contributed by atoms with Gasteiger partial charge in [-0.3, -0.25) is 10.1 Å². The van der Waals surface area contributed by atoms with Crippen LogP contribution in [0.15, 0.2) is 35.4 Å². The molecule has 160 valence electrons. The lowest BCUT2D eigenvalue weighted by Gasteiger charge is -2.22. The van der Waals surface area contributed by atoms with Crippen LogP contribution in [0.1, 0.15) is 31.2 Å². The number of epoxide rings is 1. The van der Waals surface area contributed by atoms with Gasteiger partial charge in [-0.25, -0.2) is 13.4 Å². The number of hydrogen-bond donors (Lipinski definition) is 1. The summed E-state index contributed by atoms with van der Waals surface area (Å²) in [6.07, 6.45) is 3.64. The molecule has 10 heteroatoms. The molecule has 0 unspecified atom stereocenters. The van der Waals surface area contributed by atoms with Crippen molar-refractivity contribution in [2.75, 3.05) is 18.5 Å². The van der Waals surface area contributed by atoms with Crippen LogP contribution in [0.3, 0.4) is 0 Å². The highest BCUT2D eigenvalue weighted by atomic mass is 32.2. The number of nitrogens with zero attached hydrogens (tertiary/aromatic N) is 1. The van der Waals surface area contributed by atoms with E-state index >= 15 is 0 Å². The molecule has 2 saturated heterocycles. The quantitative estimate of drug-likeness (QED) is 0.677. The Morgan fingerprint density at radius 1 is 1.17 bits per heavy atom. The van der Waals surface area contributed by atoms with E-state index in [1.165, 1.54) is 0 Å². The van der Waals surface area contributed by atoms with Crippen molar-refractivity contribution in [3.8, 4) is 0 Å². The van der Waals surface area contributed by atoms with Crippen LogP contribution in [0.2, 0.25) is 0 Å². The maximum absolute atomic E-state index is 13.3. The number of sulfone groups is 1. The molecule has 3 fully saturated rings. The third-order valence-corrected chi connectivity index (χ3v) is 8.94. The molecule has 1 saturated carbocycles. The van der Waals surface area contributed by atoms with Gasteiger partial charge in [-0.1, -0.05) is 23.5 Å². The Bertz CT molecular complexity index is 1060. The van der Waals surface area contributed by atoms with E-state index < -0.39 is 26.5 Å². The average molecular weight is 453 g/mol. The fourth-order valence-electron chi connectivity index (χ4n) is 4.12. The van der Waals surface area contributed by atoms with Crippen LogP contribution in [-0.2, 0) is 29.7 Å². The first kappa shape index (κ1) is 20.0. The number of aromatic nitrogens is 1. The van der Waals surface area contributed by atoms with Crippen molar-refractivity contribution in [1.82, 2.24) is 4.98 Å². The summed E-state index contributed by atoms with van der Waals surface area (Å²) in [5.41, 5.74) is -0.658. The van der Waals surface area contributed by atoms with Gasteiger partial charge in [0.25, 0.3) is 5.91 Å². The number of carbonyl (C=O) groups excluding carboxylic acids is 1. The minimum atomic E-state index is -3.32. The summed E-state index contributed by atoms with van der Waals surface area (Å²) in [7, 11) is -3.32. The second kappa shape index (κ2) is 7.37. The predicted octanol–water partition coefficient (Wildman–Crippen LogP) is 2.88. The topological polar surface area (TPSA) is 97.9 Å². The summed E-state index contributed by atoms with van der Waals surface area (Å²) in [4.78, 5) is 17.3. The minimum absolute atomic E-state index is 0.146. The van der Waals surface area contributed by atoms with E-state index in [0.29, 0.717) is 31.6 Å². The van der Waals surface area contributed by atoms with Crippen molar-refractivity contribution < 1.29 is 27.1 Å². The Morgan fingerprint density at radius 2 is 1.87 bits per heavy atom. The SMILES string of the molecule is O=C(Nc1ncc(F)s1)[C@]1(c2ccc(S(=O)(=O)C3CC3)cc2)O[C@H]1C1CCOCC1. The highest BCUT2D eigenvalue weighted by molar-refractivity contribution is 7.92. The van der Waals surface area contributed by atoms with E-state index in [4.69, 9.17) is 9.47 Å². The smallest absolute Gasteiger partial charge is 0.265 e. The van der Waals surface area contributed by atoms with Gasteiger partial charge in [0.1, 0.15) is 6.10 Å². The molecule has 1 amide bonds. The second-order valence-corrected chi connectivity index (χ2v) is 11.1. The monoisotopic (exact) mass is 452 g/mol. The van der Waals surface area contributed by atoms with Crippen molar-refractivity contribution in [1.29, 1.82) is 0 Å². The lowest BCUT2D eigenvalue weighted by molar-refractivity contribution is -0.121. The molecule has 2 aromatic rings. The van der Waals surface area contributed by atoms with Gasteiger partial charge in [0.05, 0.1) is 16.3 Å². The lowest BCUT2D eigenvalue weighted by atomic mass is 9.84. The molecule has 2 atom stereocenters. The van der Waals surface area contributed by atoms with E-state index in [0.717, 1.165) is 30.4 Å². The zero-order chi connectivity index (χ0) is 20.9. The summed E-state index contributed by atoms with van der Waals surface area (Å²) >= 11 is 0.743. The number of hydrogen-bond acceptors (Lipinski definition) is 7. The van der Waals surface area contributed by atoms with Crippen molar-refractivity contribution in [2.24, 2.45) is 5.92 Å². The predicted molar refractivity (Wildman–Crippen MR) is 107 cm³/mol. The number of rotatable bonds is 6. The highest BCUT2D eigenvalue weighted by Gasteiger charge is 2.66. The number of ether oxygens (including phenoxy) is 2. The van der Waals surface area contributed by atoms with Gasteiger partial charge in [-0.2, -0.15) is 4.39 Å². The molecule has 0 bridgehead atoms. The number of amides is 1. The van der Waals surface area contributed by atoms with E-state index in [9.17, 15) is 17.6 Å². The minimum Gasteiger partial charge on any atom is -0.381 e. The number of benzene rings is 1. The van der Waals surface area contributed by atoms with Crippen LogP contribution >= 0.6 is 11.3 Å². The van der Waals surface area contributed by atoms with Crippen molar-refractivity contribution in [3.05, 3.63) is 41.2 Å². The fraction of sp³-hybridized carbons (Fsp3) is 0.500. The Kier molecular flexibility index (Phi) is 4.92. The van der Waals surface area contributed by atoms with E-state index in [-0.39, 0.29) is 27.3 Å². The first-order valence-corrected chi connectivity index (χ1v) is 12.3. The summed E-state index contributed by atoms with van der Waals surface area (Å²) < 4.78 is 49.7. The van der Waals surface area contributed by atoms with Gasteiger partial charge >= 0.3 is 0 Å². The summed E-state index contributed by atoms with van der Waals surface area (Å²) in [5, 5.41) is 2.03. The zero-order valence-corrected chi connectivity index (χ0v) is 17.7. The molecule has 3 aliphatic rings. The molecule has 5 rings (SSSR count). The molecule has 0 spiro atoms. The number of anilines is 1. The molecule has 1 N–H and O–H groups in total. The number of thiazole rings is 1. The Balaban J connectivity index is 1.45. The van der Waals surface area contributed by atoms with Crippen LogP contribution in [0.5, 0.6) is 0 Å². The van der Waals surface area contributed by atoms with E-state index in [2.05, 4.69) is 10.3 Å². The molecule has 3 heterocycles. The van der Waals surface area contributed by atoms with E-state index in [1.807, 2.05) is 0 Å². The van der Waals surface area contributed by atoms with Gasteiger partial charge < -0.3 is 9.47 Å². The highest BCUT2D eigenvalue weighted by Crippen LogP contribution is 2.53. The van der Waals surface area contributed by atoms with Gasteiger partial charge in [0, 0.05) is 13.2 Å². The summed E-state index contributed by atoms with van der Waals surface area (Å²) in [5.74, 6) is -0.279. The van der Waals surface area contributed by atoms with Crippen LogP contribution in [0, 0.1) is 11.0 Å². The first-order valence-electron chi connectivity index (χ1n) is 9.94. The standard InChI is InChI=1S/C20H21FN2O5S2/c21-16-11-22-19(29-16)23-18(24)20(17(28-20)12-7-9-27-10-8-12)13-1-3-14(4-2-13)30(25,26)15-5-6-15/h1-4,11-12,15,17H,5-10H2,(H,22,23,24)/t17-,20+/m0/s1. The normalized spacial score (nSPS) is 27.0. The summed E-state index contributed by atoms with van der Waals surface area (Å²) in [6.45, 7) is 1.22. The van der Waals surface area contributed by atoms with E-state index in [1.54, 1.807) is 24.3 Å². The Morgan fingerprint density at radius 3 is 2.47 bits per heavy atom. The Labute approximate surface area is 177 Å². The third kappa shape index (κ3) is 3.45. The first-order chi connectivity index (χ1) is 14.4. The van der Waals surface area contributed by atoms with Gasteiger partial charge in [-0.15, -0.1) is 0 Å². The van der Waals surface area contributed by atoms with Crippen LogP contribution < -0.4 is 5.32 Å². The largest absolute Gasteiger partial charge is 0.381 e. The molecule has 1 aromatic heterocycles. The molecular weight excluding hydrogens is 431 g/mol. The number of carbonyl (C=O) groups is 1. The van der Waals surface area contributed by atoms with Crippen molar-refractivity contribution in [3.63, 3.8) is 0 Å². The van der Waals surface area contributed by atoms with Crippen molar-refractivity contribution in [2.45, 2.75) is 47.5 Å². The molecule has 7 nitrogen and oxygen atoms in total. The second-order valence-electron chi connectivity index (χ2n) is 7.92. The summed E-state index contributed by atoms with van der Waals surface area (Å²) in [6, 6.07) is 6.39. The average Bonchev–Trinajstić information content (AvgIpc) is 3.67. The molecular formula is C20H21FN2O5S2. The fourth-order valence-corrected chi connectivity index (χ4v) is 6.32. The van der Waals surface area contributed by atoms with Crippen LogP contribution in [0.4, 0.5) is 9.52 Å². The van der Waals surface area contributed by atoms with Crippen LogP contribution in [-0.4, -0.2) is 43.9 Å². The van der Waals surface area contributed by atoms with Gasteiger partial charge in [-0.05, 0) is 49.3 Å². The molecule has 1 aromatic carbocycles. The van der Waals surface area contributed by atoms with Gasteiger partial charge in [0.2, 0.25) is 0 Å². The molecule has 30 heavy (non-hydrogen) atoms. The molecule has 0 radical (unpaired) electrons. The van der Waals surface area contributed by atoms with Crippen LogP contribution in [0.25, 0.3) is 0 Å².